The maximum atomic E-state index is 13.9. The van der Waals surface area contributed by atoms with E-state index in [0.29, 0.717) is 13.0 Å². The summed E-state index contributed by atoms with van der Waals surface area (Å²) in [4.78, 5) is 29.0. The molecule has 1 atom stereocenters. The molecular weight excluding hydrogens is 560 g/mol. The summed E-state index contributed by atoms with van der Waals surface area (Å²) in [6, 6.07) is 19.2. The van der Waals surface area contributed by atoms with Gasteiger partial charge in [-0.1, -0.05) is 67.9 Å². The molecule has 3 rings (SSSR count). The fraction of sp³-hybridized carbons (Fsp3) is 0.375. The number of carbonyl (C=O) groups excluding carboxylic acids is 2. The van der Waals surface area contributed by atoms with E-state index in [1.54, 1.807) is 4.90 Å². The van der Waals surface area contributed by atoms with E-state index in [1.807, 2.05) is 68.4 Å². The Kier molecular flexibility index (Phi) is 12.0. The fourth-order valence-corrected chi connectivity index (χ4v) is 5.63. The quantitative estimate of drug-likeness (QED) is 0.238. The van der Waals surface area contributed by atoms with Crippen molar-refractivity contribution in [1.29, 1.82) is 0 Å². The minimum atomic E-state index is -3.85. The van der Waals surface area contributed by atoms with E-state index in [4.69, 9.17) is 0 Å². The van der Waals surface area contributed by atoms with Gasteiger partial charge in [-0.3, -0.25) is 13.9 Å². The normalized spacial score (nSPS) is 12.0. The average Bonchev–Trinajstić information content (AvgIpc) is 2.95. The highest BCUT2D eigenvalue weighted by Gasteiger charge is 2.30. The Morgan fingerprint density at radius 3 is 2.26 bits per heavy atom. The molecule has 226 valence electrons. The van der Waals surface area contributed by atoms with Crippen molar-refractivity contribution in [2.45, 2.75) is 58.5 Å². The minimum Gasteiger partial charge on any atom is -0.354 e. The van der Waals surface area contributed by atoms with E-state index in [-0.39, 0.29) is 43.4 Å². The van der Waals surface area contributed by atoms with E-state index < -0.39 is 27.7 Å². The number of benzene rings is 3. The zero-order valence-electron chi connectivity index (χ0n) is 24.4. The summed E-state index contributed by atoms with van der Waals surface area (Å²) in [5, 5.41) is 2.98. The number of hydrogen-bond acceptors (Lipinski definition) is 4. The molecule has 2 amide bonds. The molecule has 1 N–H and O–H groups in total. The van der Waals surface area contributed by atoms with Gasteiger partial charge in [0, 0.05) is 38.5 Å². The molecule has 0 spiro atoms. The molecule has 0 aliphatic rings. The summed E-state index contributed by atoms with van der Waals surface area (Å²) in [6.07, 6.45) is 3.03. The van der Waals surface area contributed by atoms with Crippen LogP contribution in [-0.2, 0) is 32.6 Å². The number of carbonyl (C=O) groups is 2. The molecule has 3 aromatic carbocycles. The van der Waals surface area contributed by atoms with Gasteiger partial charge in [-0.2, -0.15) is 0 Å². The SMILES string of the molecule is CCCCNC(=O)C(Cc1ccccc1)N(Cc1ccccc1C)C(=O)CCCN(c1ccc(F)c(F)c1)S(C)(=O)=O. The van der Waals surface area contributed by atoms with Crippen LogP contribution in [0.5, 0.6) is 0 Å². The summed E-state index contributed by atoms with van der Waals surface area (Å²) in [5.41, 5.74) is 2.74. The number of rotatable bonds is 15. The lowest BCUT2D eigenvalue weighted by Gasteiger charge is -2.32. The van der Waals surface area contributed by atoms with Gasteiger partial charge in [-0.05, 0) is 48.6 Å². The third kappa shape index (κ3) is 9.37. The molecule has 42 heavy (non-hydrogen) atoms. The molecule has 0 saturated carbocycles. The molecular formula is C32H39F2N3O4S. The smallest absolute Gasteiger partial charge is 0.243 e. The highest BCUT2D eigenvalue weighted by molar-refractivity contribution is 7.92. The van der Waals surface area contributed by atoms with Gasteiger partial charge >= 0.3 is 0 Å². The second-order valence-electron chi connectivity index (χ2n) is 10.3. The van der Waals surface area contributed by atoms with Crippen molar-refractivity contribution >= 4 is 27.5 Å². The van der Waals surface area contributed by atoms with Crippen LogP contribution in [0.2, 0.25) is 0 Å². The Bertz CT molecular complexity index is 1450. The van der Waals surface area contributed by atoms with E-state index in [0.717, 1.165) is 52.2 Å². The first-order valence-electron chi connectivity index (χ1n) is 14.1. The number of aryl methyl sites for hydroxylation is 1. The lowest BCUT2D eigenvalue weighted by atomic mass is 10.0. The topological polar surface area (TPSA) is 86.8 Å². The Morgan fingerprint density at radius 2 is 1.62 bits per heavy atom. The molecule has 0 bridgehead atoms. The number of halogens is 2. The van der Waals surface area contributed by atoms with Crippen LogP contribution in [0.25, 0.3) is 0 Å². The summed E-state index contributed by atoms with van der Waals surface area (Å²) in [7, 11) is -3.85. The first-order chi connectivity index (χ1) is 20.0. The number of nitrogens with zero attached hydrogens (tertiary/aromatic N) is 2. The highest BCUT2D eigenvalue weighted by atomic mass is 32.2. The van der Waals surface area contributed by atoms with Crippen LogP contribution >= 0.6 is 0 Å². The van der Waals surface area contributed by atoms with Crippen molar-refractivity contribution in [2.24, 2.45) is 0 Å². The van der Waals surface area contributed by atoms with Gasteiger partial charge < -0.3 is 10.2 Å². The number of sulfonamides is 1. The van der Waals surface area contributed by atoms with E-state index in [1.165, 1.54) is 6.07 Å². The molecule has 0 aromatic heterocycles. The fourth-order valence-electron chi connectivity index (χ4n) is 4.68. The number of anilines is 1. The third-order valence-corrected chi connectivity index (χ3v) is 8.24. The average molecular weight is 600 g/mol. The largest absolute Gasteiger partial charge is 0.354 e. The molecule has 7 nitrogen and oxygen atoms in total. The van der Waals surface area contributed by atoms with Crippen molar-refractivity contribution in [3.8, 4) is 0 Å². The zero-order valence-corrected chi connectivity index (χ0v) is 25.2. The Balaban J connectivity index is 1.88. The Morgan fingerprint density at radius 1 is 0.929 bits per heavy atom. The number of unbranched alkanes of at least 4 members (excludes halogenated alkanes) is 1. The van der Waals surface area contributed by atoms with Gasteiger partial charge in [0.15, 0.2) is 11.6 Å². The molecule has 0 fully saturated rings. The number of amides is 2. The van der Waals surface area contributed by atoms with Crippen molar-refractivity contribution in [3.05, 3.63) is 101 Å². The van der Waals surface area contributed by atoms with Crippen molar-refractivity contribution < 1.29 is 26.8 Å². The number of hydrogen-bond donors (Lipinski definition) is 1. The second-order valence-corrected chi connectivity index (χ2v) is 12.2. The Labute approximate surface area is 247 Å². The predicted molar refractivity (Wildman–Crippen MR) is 161 cm³/mol. The van der Waals surface area contributed by atoms with Gasteiger partial charge in [-0.25, -0.2) is 17.2 Å². The lowest BCUT2D eigenvalue weighted by Crippen LogP contribution is -2.50. The van der Waals surface area contributed by atoms with Crippen LogP contribution in [0.4, 0.5) is 14.5 Å². The van der Waals surface area contributed by atoms with Crippen LogP contribution in [0.1, 0.15) is 49.3 Å². The van der Waals surface area contributed by atoms with Crippen LogP contribution in [0.15, 0.2) is 72.8 Å². The second kappa shape index (κ2) is 15.4. The lowest BCUT2D eigenvalue weighted by molar-refractivity contribution is -0.141. The highest BCUT2D eigenvalue weighted by Crippen LogP contribution is 2.22. The maximum Gasteiger partial charge on any atom is 0.243 e. The molecule has 0 radical (unpaired) electrons. The van der Waals surface area contributed by atoms with Gasteiger partial charge in [-0.15, -0.1) is 0 Å². The van der Waals surface area contributed by atoms with E-state index in [9.17, 15) is 26.8 Å². The molecule has 0 saturated heterocycles. The van der Waals surface area contributed by atoms with Crippen molar-refractivity contribution in [2.75, 3.05) is 23.7 Å². The van der Waals surface area contributed by atoms with E-state index >= 15 is 0 Å². The number of nitrogens with one attached hydrogen (secondary N) is 1. The third-order valence-electron chi connectivity index (χ3n) is 7.05. The maximum absolute atomic E-state index is 13.9. The van der Waals surface area contributed by atoms with Crippen LogP contribution < -0.4 is 9.62 Å². The summed E-state index contributed by atoms with van der Waals surface area (Å²) < 4.78 is 53.3. The summed E-state index contributed by atoms with van der Waals surface area (Å²) in [6.45, 7) is 4.53. The molecule has 0 heterocycles. The van der Waals surface area contributed by atoms with E-state index in [2.05, 4.69) is 5.32 Å². The first kappa shape index (κ1) is 32.7. The molecule has 0 aliphatic heterocycles. The van der Waals surface area contributed by atoms with Crippen LogP contribution in [-0.4, -0.2) is 50.5 Å². The molecule has 3 aromatic rings. The van der Waals surface area contributed by atoms with Crippen molar-refractivity contribution in [1.82, 2.24) is 10.2 Å². The van der Waals surface area contributed by atoms with Gasteiger partial charge in [0.25, 0.3) is 0 Å². The minimum absolute atomic E-state index is 0.0297. The van der Waals surface area contributed by atoms with Gasteiger partial charge in [0.1, 0.15) is 6.04 Å². The summed E-state index contributed by atoms with van der Waals surface area (Å²) >= 11 is 0. The first-order valence-corrected chi connectivity index (χ1v) is 15.9. The predicted octanol–water partition coefficient (Wildman–Crippen LogP) is 5.38. The monoisotopic (exact) mass is 599 g/mol. The van der Waals surface area contributed by atoms with Gasteiger partial charge in [0.05, 0.1) is 11.9 Å². The standard InChI is InChI=1S/C32H39F2N3O4S/c1-4-5-19-35-32(39)30(21-25-13-7-6-8-14-25)36(23-26-15-10-9-12-24(26)2)31(38)16-11-20-37(42(3,40)41)27-17-18-28(33)29(34)22-27/h6-10,12-15,17-18,22,30H,4-5,11,16,19-21,23H2,1-3H3,(H,35,39). The van der Waals surface area contributed by atoms with Crippen LogP contribution in [0, 0.1) is 18.6 Å². The zero-order chi connectivity index (χ0) is 30.7. The molecule has 0 aliphatic carbocycles. The van der Waals surface area contributed by atoms with Gasteiger partial charge in [0.2, 0.25) is 21.8 Å². The molecule has 10 heteroatoms. The van der Waals surface area contributed by atoms with Crippen molar-refractivity contribution in [3.63, 3.8) is 0 Å². The Hall–Kier alpha value is -3.79. The summed E-state index contributed by atoms with van der Waals surface area (Å²) in [5.74, 6) is -2.83. The van der Waals surface area contributed by atoms with Crippen LogP contribution in [0.3, 0.4) is 0 Å². The molecule has 1 unspecified atom stereocenters.